The Morgan fingerprint density at radius 2 is 2.06 bits per heavy atom. The Morgan fingerprint density at radius 3 is 2.69 bits per heavy atom. The number of carbonyl (C=O) groups is 2. The van der Waals surface area contributed by atoms with E-state index in [-0.39, 0.29) is 29.6 Å². The Hall–Kier alpha value is -3.87. The predicted molar refractivity (Wildman–Crippen MR) is 134 cm³/mol. The minimum absolute atomic E-state index is 0.111. The third-order valence-corrected chi connectivity index (χ3v) is 6.59. The number of nitrogens with one attached hydrogen (secondary N) is 4. The van der Waals surface area contributed by atoms with Crippen molar-refractivity contribution in [1.29, 1.82) is 5.26 Å². The van der Waals surface area contributed by atoms with Gasteiger partial charge in [0.1, 0.15) is 6.04 Å². The third-order valence-electron chi connectivity index (χ3n) is 6.59. The summed E-state index contributed by atoms with van der Waals surface area (Å²) in [5, 5.41) is 20.6. The van der Waals surface area contributed by atoms with Crippen LogP contribution >= 0.6 is 0 Å². The first-order valence-corrected chi connectivity index (χ1v) is 11.8. The van der Waals surface area contributed by atoms with E-state index in [0.717, 1.165) is 36.1 Å². The van der Waals surface area contributed by atoms with Gasteiger partial charge in [-0.3, -0.25) is 20.1 Å². The molecule has 2 unspecified atom stereocenters. The summed E-state index contributed by atoms with van der Waals surface area (Å²) in [7, 11) is 1.31. The molecule has 0 radical (unpaired) electrons. The van der Waals surface area contributed by atoms with Crippen LogP contribution in [0.15, 0.2) is 34.3 Å². The summed E-state index contributed by atoms with van der Waals surface area (Å²) in [6, 6.07) is 7.65. The van der Waals surface area contributed by atoms with Crippen LogP contribution in [0.25, 0.3) is 5.57 Å². The van der Waals surface area contributed by atoms with Crippen LogP contribution in [0.5, 0.6) is 0 Å². The molecule has 1 aromatic rings. The topological polar surface area (TPSA) is 140 Å². The summed E-state index contributed by atoms with van der Waals surface area (Å²) in [5.74, 6) is 0.340. The number of allylic oxidation sites excluding steroid dienone is 2. The number of nitriles is 1. The number of carbonyl (C=O) groups excluding carboxylic acids is 2. The number of hydrogen-bond donors (Lipinski definition) is 4. The molecule has 4 N–H and O–H groups in total. The monoisotopic (exact) mass is 477 g/mol. The zero-order valence-corrected chi connectivity index (χ0v) is 20.3. The normalized spacial score (nSPS) is 22.9. The lowest BCUT2D eigenvalue weighted by Crippen LogP contribution is -2.45. The SMILES string of the molecule is COC(=O)NC1=NCC(c2ccc(NC(=O)C3=NCC(C#N)N3)c(C3=CCC(C)(C)CC3)c2)CN1. The molecule has 1 aliphatic carbocycles. The molecule has 2 heterocycles. The molecule has 0 saturated heterocycles. The zero-order chi connectivity index (χ0) is 25.0. The van der Waals surface area contributed by atoms with Gasteiger partial charge in [-0.15, -0.1) is 0 Å². The van der Waals surface area contributed by atoms with E-state index >= 15 is 0 Å². The number of anilines is 1. The number of hydrogen-bond acceptors (Lipinski definition) is 8. The van der Waals surface area contributed by atoms with Crippen LogP contribution in [-0.2, 0) is 9.53 Å². The van der Waals surface area contributed by atoms with Crippen LogP contribution in [0.2, 0.25) is 0 Å². The molecular weight excluding hydrogens is 446 g/mol. The van der Waals surface area contributed by atoms with Gasteiger partial charge in [-0.2, -0.15) is 5.26 Å². The van der Waals surface area contributed by atoms with E-state index in [2.05, 4.69) is 68.0 Å². The lowest BCUT2D eigenvalue weighted by molar-refractivity contribution is -0.110. The van der Waals surface area contributed by atoms with Crippen molar-refractivity contribution in [2.45, 2.75) is 45.1 Å². The molecule has 35 heavy (non-hydrogen) atoms. The molecule has 2 atom stereocenters. The molecular formula is C25H31N7O3. The van der Waals surface area contributed by atoms with E-state index in [1.807, 2.05) is 12.1 Å². The van der Waals surface area contributed by atoms with E-state index in [4.69, 9.17) is 5.26 Å². The van der Waals surface area contributed by atoms with Crippen molar-refractivity contribution in [2.24, 2.45) is 15.4 Å². The summed E-state index contributed by atoms with van der Waals surface area (Å²) in [4.78, 5) is 32.9. The lowest BCUT2D eigenvalue weighted by Gasteiger charge is -2.30. The molecule has 0 bridgehead atoms. The minimum Gasteiger partial charge on any atom is -0.453 e. The van der Waals surface area contributed by atoms with E-state index in [0.29, 0.717) is 19.0 Å². The van der Waals surface area contributed by atoms with Crippen LogP contribution in [0.3, 0.4) is 0 Å². The number of guanidine groups is 1. The molecule has 0 aromatic heterocycles. The number of rotatable bonds is 4. The zero-order valence-electron chi connectivity index (χ0n) is 20.3. The van der Waals surface area contributed by atoms with Crippen molar-refractivity contribution in [2.75, 3.05) is 32.1 Å². The number of benzene rings is 1. The van der Waals surface area contributed by atoms with Gasteiger partial charge in [0, 0.05) is 23.7 Å². The highest BCUT2D eigenvalue weighted by Gasteiger charge is 2.27. The van der Waals surface area contributed by atoms with Gasteiger partial charge in [0.2, 0.25) is 5.96 Å². The smallest absolute Gasteiger partial charge is 0.413 e. The molecule has 2 aliphatic heterocycles. The highest BCUT2D eigenvalue weighted by molar-refractivity contribution is 6.42. The number of ether oxygens (including phenoxy) is 1. The first kappa shape index (κ1) is 24.3. The number of alkyl carbamates (subject to hydrolysis) is 1. The maximum atomic E-state index is 12.8. The Labute approximate surface area is 204 Å². The summed E-state index contributed by atoms with van der Waals surface area (Å²) >= 11 is 0. The second kappa shape index (κ2) is 10.2. The maximum Gasteiger partial charge on any atom is 0.413 e. The summed E-state index contributed by atoms with van der Waals surface area (Å²) in [6.45, 7) is 5.92. The number of aliphatic imine (C=N–C) groups is 2. The molecule has 0 spiro atoms. The van der Waals surface area contributed by atoms with Gasteiger partial charge in [-0.1, -0.05) is 26.0 Å². The van der Waals surface area contributed by atoms with Gasteiger partial charge in [-0.05, 0) is 47.9 Å². The second-order valence-corrected chi connectivity index (χ2v) is 9.76. The fraction of sp³-hybridized carbons (Fsp3) is 0.480. The quantitative estimate of drug-likeness (QED) is 0.525. The van der Waals surface area contributed by atoms with Crippen LogP contribution in [-0.4, -0.2) is 56.6 Å². The standard InChI is InChI=1S/C25H31N7O3/c1-25(2)8-6-15(7-9-25)19-10-16(17-12-28-23(29-13-17)32-24(34)35-3)4-5-20(19)31-22(33)21-27-14-18(11-26)30-21/h4-6,10,17-18H,7-9,12-14H2,1-3H3,(H,27,30)(H,31,33)(H2,28,29,32,34). The van der Waals surface area contributed by atoms with Crippen molar-refractivity contribution in [3.05, 3.63) is 35.4 Å². The Balaban J connectivity index is 1.57. The average molecular weight is 478 g/mol. The fourth-order valence-electron chi connectivity index (χ4n) is 4.34. The third kappa shape index (κ3) is 5.80. The van der Waals surface area contributed by atoms with Crippen LogP contribution in [0, 0.1) is 16.7 Å². The molecule has 0 saturated carbocycles. The molecule has 4 rings (SSSR count). The van der Waals surface area contributed by atoms with E-state index in [9.17, 15) is 9.59 Å². The first-order valence-electron chi connectivity index (χ1n) is 11.8. The Morgan fingerprint density at radius 1 is 1.23 bits per heavy atom. The number of amides is 2. The van der Waals surface area contributed by atoms with Gasteiger partial charge >= 0.3 is 6.09 Å². The van der Waals surface area contributed by atoms with Gasteiger partial charge in [0.25, 0.3) is 5.91 Å². The van der Waals surface area contributed by atoms with E-state index in [1.165, 1.54) is 12.7 Å². The van der Waals surface area contributed by atoms with Crippen molar-refractivity contribution in [1.82, 2.24) is 16.0 Å². The highest BCUT2D eigenvalue weighted by Crippen LogP contribution is 2.40. The summed E-state index contributed by atoms with van der Waals surface area (Å²) in [5.41, 5.74) is 4.26. The average Bonchev–Trinajstić information content (AvgIpc) is 3.34. The van der Waals surface area contributed by atoms with E-state index < -0.39 is 12.1 Å². The molecule has 10 heteroatoms. The van der Waals surface area contributed by atoms with Crippen molar-refractivity contribution in [3.8, 4) is 6.07 Å². The maximum absolute atomic E-state index is 12.8. The van der Waals surface area contributed by atoms with Gasteiger partial charge in [0.15, 0.2) is 5.84 Å². The largest absolute Gasteiger partial charge is 0.453 e. The van der Waals surface area contributed by atoms with Crippen LogP contribution in [0.1, 0.15) is 50.2 Å². The molecule has 2 amide bonds. The Kier molecular flexibility index (Phi) is 7.05. The van der Waals surface area contributed by atoms with Gasteiger partial charge < -0.3 is 20.7 Å². The second-order valence-electron chi connectivity index (χ2n) is 9.76. The van der Waals surface area contributed by atoms with Gasteiger partial charge in [0.05, 0.1) is 26.3 Å². The molecule has 3 aliphatic rings. The predicted octanol–water partition coefficient (Wildman–Crippen LogP) is 2.51. The minimum atomic E-state index is -0.563. The van der Waals surface area contributed by atoms with Crippen LogP contribution < -0.4 is 21.3 Å². The summed E-state index contributed by atoms with van der Waals surface area (Å²) < 4.78 is 4.62. The van der Waals surface area contributed by atoms with Crippen LogP contribution in [0.4, 0.5) is 10.5 Å². The molecule has 0 fully saturated rings. The number of methoxy groups -OCH3 is 1. The number of amidine groups is 1. The lowest BCUT2D eigenvalue weighted by atomic mass is 9.76. The number of nitrogens with zero attached hydrogens (tertiary/aromatic N) is 3. The molecule has 10 nitrogen and oxygen atoms in total. The fourth-order valence-corrected chi connectivity index (χ4v) is 4.34. The Bertz CT molecular complexity index is 1150. The summed E-state index contributed by atoms with van der Waals surface area (Å²) in [6.07, 6.45) is 4.66. The van der Waals surface area contributed by atoms with Crippen molar-refractivity contribution >= 4 is 35.1 Å². The highest BCUT2D eigenvalue weighted by atomic mass is 16.5. The molecule has 1 aromatic carbocycles. The van der Waals surface area contributed by atoms with E-state index in [1.54, 1.807) is 0 Å². The van der Waals surface area contributed by atoms with Crippen molar-refractivity contribution < 1.29 is 14.3 Å². The first-order chi connectivity index (χ1) is 16.8. The van der Waals surface area contributed by atoms with Gasteiger partial charge in [-0.25, -0.2) is 4.79 Å². The van der Waals surface area contributed by atoms with Crippen molar-refractivity contribution in [3.63, 3.8) is 0 Å². The molecule has 184 valence electrons.